The third kappa shape index (κ3) is 5.49. The van der Waals surface area contributed by atoms with Crippen LogP contribution < -0.4 is 20.3 Å². The molecule has 2 amide bonds. The molecule has 138 valence electrons. The van der Waals surface area contributed by atoms with Gasteiger partial charge in [-0.2, -0.15) is 0 Å². The molecule has 0 saturated heterocycles. The van der Waals surface area contributed by atoms with Gasteiger partial charge in [-0.25, -0.2) is 0 Å². The van der Waals surface area contributed by atoms with Gasteiger partial charge in [0.15, 0.2) is 0 Å². The van der Waals surface area contributed by atoms with Gasteiger partial charge in [0.1, 0.15) is 11.5 Å². The molecular weight excluding hydrogens is 400 g/mol. The normalized spacial score (nSPS) is 10.3. The average Bonchev–Trinajstić information content (AvgIpc) is 2.60. The van der Waals surface area contributed by atoms with E-state index in [4.69, 9.17) is 9.47 Å². The zero-order valence-corrected chi connectivity index (χ0v) is 16.4. The summed E-state index contributed by atoms with van der Waals surface area (Å²) >= 11 is 3.35. The molecular formula is C19H21BrN2O4. The van der Waals surface area contributed by atoms with Crippen LogP contribution in [0.2, 0.25) is 0 Å². The van der Waals surface area contributed by atoms with E-state index < -0.39 is 11.8 Å². The molecule has 0 aromatic heterocycles. The Morgan fingerprint density at radius 2 is 1.69 bits per heavy atom. The highest BCUT2D eigenvalue weighted by Crippen LogP contribution is 2.24. The lowest BCUT2D eigenvalue weighted by Crippen LogP contribution is -2.41. The van der Waals surface area contributed by atoms with Crippen molar-refractivity contribution in [3.63, 3.8) is 0 Å². The third-order valence-electron chi connectivity index (χ3n) is 3.27. The van der Waals surface area contributed by atoms with Crippen molar-refractivity contribution in [1.29, 1.82) is 0 Å². The number of amides is 2. The lowest BCUT2D eigenvalue weighted by atomic mass is 10.2. The number of nitrogens with one attached hydrogen (secondary N) is 2. The summed E-state index contributed by atoms with van der Waals surface area (Å²) in [5.41, 5.74) is 5.54. The fourth-order valence-corrected chi connectivity index (χ4v) is 2.50. The average molecular weight is 421 g/mol. The van der Waals surface area contributed by atoms with Crippen LogP contribution in [0.3, 0.4) is 0 Å². The standard InChI is InChI=1S/C19H21BrN2O4/c1-4-25-15-8-5-13(6-9-15)18(23)21-22-19(24)16-10-7-14(20)11-17(16)26-12(2)3/h5-12H,4H2,1-3H3,(H,21,23)(H,22,24). The van der Waals surface area contributed by atoms with Crippen molar-refractivity contribution in [1.82, 2.24) is 10.9 Å². The van der Waals surface area contributed by atoms with Gasteiger partial charge in [-0.3, -0.25) is 20.4 Å². The van der Waals surface area contributed by atoms with Crippen LogP contribution in [0.1, 0.15) is 41.5 Å². The molecule has 2 N–H and O–H groups in total. The molecule has 2 aromatic rings. The van der Waals surface area contributed by atoms with Crippen LogP contribution in [0.15, 0.2) is 46.9 Å². The quantitative estimate of drug-likeness (QED) is 0.698. The van der Waals surface area contributed by atoms with Crippen molar-refractivity contribution < 1.29 is 19.1 Å². The highest BCUT2D eigenvalue weighted by molar-refractivity contribution is 9.10. The number of hydrogen-bond donors (Lipinski definition) is 2. The zero-order valence-electron chi connectivity index (χ0n) is 14.8. The fraction of sp³-hybridized carbons (Fsp3) is 0.263. The van der Waals surface area contributed by atoms with Crippen molar-refractivity contribution >= 4 is 27.7 Å². The molecule has 0 heterocycles. The number of hydrogen-bond acceptors (Lipinski definition) is 4. The first-order chi connectivity index (χ1) is 12.4. The second-order valence-electron chi connectivity index (χ2n) is 5.67. The Kier molecular flexibility index (Phi) is 7.03. The van der Waals surface area contributed by atoms with Gasteiger partial charge in [0.2, 0.25) is 0 Å². The highest BCUT2D eigenvalue weighted by atomic mass is 79.9. The molecule has 2 aromatic carbocycles. The van der Waals surface area contributed by atoms with Crippen molar-refractivity contribution in [2.24, 2.45) is 0 Å². The second kappa shape index (κ2) is 9.24. The van der Waals surface area contributed by atoms with Gasteiger partial charge in [0, 0.05) is 10.0 Å². The monoisotopic (exact) mass is 420 g/mol. The zero-order chi connectivity index (χ0) is 19.1. The summed E-state index contributed by atoms with van der Waals surface area (Å²) in [5.74, 6) is 0.220. The van der Waals surface area contributed by atoms with Gasteiger partial charge < -0.3 is 9.47 Å². The van der Waals surface area contributed by atoms with E-state index in [1.165, 1.54) is 0 Å². The summed E-state index contributed by atoms with van der Waals surface area (Å²) in [5, 5.41) is 0. The SMILES string of the molecule is CCOc1ccc(C(=O)NNC(=O)c2ccc(Br)cc2OC(C)C)cc1. The van der Waals surface area contributed by atoms with Gasteiger partial charge in [-0.1, -0.05) is 15.9 Å². The summed E-state index contributed by atoms with van der Waals surface area (Å²) in [6, 6.07) is 11.7. The van der Waals surface area contributed by atoms with E-state index in [1.54, 1.807) is 42.5 Å². The molecule has 0 radical (unpaired) electrons. The molecule has 6 nitrogen and oxygen atoms in total. The maximum absolute atomic E-state index is 12.4. The van der Waals surface area contributed by atoms with Crippen molar-refractivity contribution in [2.75, 3.05) is 6.61 Å². The van der Waals surface area contributed by atoms with Crippen molar-refractivity contribution in [3.8, 4) is 11.5 Å². The van der Waals surface area contributed by atoms with E-state index in [2.05, 4.69) is 26.8 Å². The summed E-state index contributed by atoms with van der Waals surface area (Å²) < 4.78 is 11.8. The number of halogens is 1. The van der Waals surface area contributed by atoms with E-state index in [9.17, 15) is 9.59 Å². The molecule has 0 aliphatic carbocycles. The van der Waals surface area contributed by atoms with Crippen LogP contribution in [-0.4, -0.2) is 24.5 Å². The van der Waals surface area contributed by atoms with Crippen LogP contribution >= 0.6 is 15.9 Å². The summed E-state index contributed by atoms with van der Waals surface area (Å²) in [6.07, 6.45) is -0.0886. The van der Waals surface area contributed by atoms with Crippen molar-refractivity contribution in [3.05, 3.63) is 58.1 Å². The topological polar surface area (TPSA) is 76.7 Å². The molecule has 0 aliphatic heterocycles. The number of hydrazine groups is 1. The molecule has 0 unspecified atom stereocenters. The van der Waals surface area contributed by atoms with E-state index in [0.717, 1.165) is 4.47 Å². The van der Waals surface area contributed by atoms with Crippen LogP contribution in [0.25, 0.3) is 0 Å². The lowest BCUT2D eigenvalue weighted by molar-refractivity contribution is 0.0843. The predicted octanol–water partition coefficient (Wildman–Crippen LogP) is 3.71. The molecule has 7 heteroatoms. The van der Waals surface area contributed by atoms with Gasteiger partial charge in [-0.15, -0.1) is 0 Å². The third-order valence-corrected chi connectivity index (χ3v) is 3.76. The van der Waals surface area contributed by atoms with E-state index in [0.29, 0.717) is 29.2 Å². The van der Waals surface area contributed by atoms with Crippen LogP contribution in [0, 0.1) is 0 Å². The minimum absolute atomic E-state index is 0.0886. The summed E-state index contributed by atoms with van der Waals surface area (Å²) in [7, 11) is 0. The van der Waals surface area contributed by atoms with Gasteiger partial charge in [0.05, 0.1) is 18.3 Å². The Morgan fingerprint density at radius 3 is 2.31 bits per heavy atom. The molecule has 0 atom stereocenters. The predicted molar refractivity (Wildman–Crippen MR) is 102 cm³/mol. The first-order valence-corrected chi connectivity index (χ1v) is 8.99. The molecule has 0 bridgehead atoms. The van der Waals surface area contributed by atoms with Crippen LogP contribution in [-0.2, 0) is 0 Å². The van der Waals surface area contributed by atoms with E-state index in [1.807, 2.05) is 20.8 Å². The molecule has 26 heavy (non-hydrogen) atoms. The summed E-state index contributed by atoms with van der Waals surface area (Å²) in [4.78, 5) is 24.6. The number of carbonyl (C=O) groups excluding carboxylic acids is 2. The highest BCUT2D eigenvalue weighted by Gasteiger charge is 2.15. The van der Waals surface area contributed by atoms with Crippen LogP contribution in [0.4, 0.5) is 0 Å². The van der Waals surface area contributed by atoms with Gasteiger partial charge >= 0.3 is 0 Å². The lowest BCUT2D eigenvalue weighted by Gasteiger charge is -2.15. The first-order valence-electron chi connectivity index (χ1n) is 8.20. The maximum Gasteiger partial charge on any atom is 0.273 e. The molecule has 0 aliphatic rings. The summed E-state index contributed by atoms with van der Waals surface area (Å²) in [6.45, 7) is 6.18. The maximum atomic E-state index is 12.4. The van der Waals surface area contributed by atoms with E-state index in [-0.39, 0.29) is 6.10 Å². The second-order valence-corrected chi connectivity index (χ2v) is 6.59. The minimum Gasteiger partial charge on any atom is -0.494 e. The van der Waals surface area contributed by atoms with E-state index >= 15 is 0 Å². The Morgan fingerprint density at radius 1 is 1.04 bits per heavy atom. The number of ether oxygens (including phenoxy) is 2. The molecule has 0 spiro atoms. The largest absolute Gasteiger partial charge is 0.494 e. The minimum atomic E-state index is -0.465. The number of rotatable bonds is 6. The smallest absolute Gasteiger partial charge is 0.273 e. The van der Waals surface area contributed by atoms with Gasteiger partial charge in [-0.05, 0) is 63.2 Å². The fourth-order valence-electron chi connectivity index (χ4n) is 2.16. The Bertz CT molecular complexity index is 776. The first kappa shape index (κ1) is 19.8. The molecule has 0 saturated carbocycles. The number of benzene rings is 2. The Labute approximate surface area is 161 Å². The van der Waals surface area contributed by atoms with Crippen LogP contribution in [0.5, 0.6) is 11.5 Å². The Balaban J connectivity index is 2.02. The molecule has 0 fully saturated rings. The number of carbonyl (C=O) groups is 2. The van der Waals surface area contributed by atoms with Gasteiger partial charge in [0.25, 0.3) is 11.8 Å². The van der Waals surface area contributed by atoms with Crippen molar-refractivity contribution in [2.45, 2.75) is 26.9 Å². The Hall–Kier alpha value is -2.54. The molecule has 2 rings (SSSR count).